The van der Waals surface area contributed by atoms with Gasteiger partial charge in [-0.15, -0.1) is 0 Å². The molecule has 0 bridgehead atoms. The maximum Gasteiger partial charge on any atom is 0.308 e. The van der Waals surface area contributed by atoms with E-state index >= 15 is 0 Å². The Balaban J connectivity index is 1.45. The molecule has 208 valence electrons. The summed E-state index contributed by atoms with van der Waals surface area (Å²) in [5.74, 6) is -0.911. The molecule has 3 aliphatic rings. The van der Waals surface area contributed by atoms with Crippen molar-refractivity contribution in [3.05, 3.63) is 68.6 Å². The lowest BCUT2D eigenvalue weighted by molar-refractivity contribution is -0.133. The number of carbonyl (C=O) groups excluding carboxylic acids is 3. The second kappa shape index (κ2) is 10.8. The number of hydrogen-bond acceptors (Lipinski definition) is 8. The van der Waals surface area contributed by atoms with E-state index in [0.717, 1.165) is 36.2 Å². The maximum absolute atomic E-state index is 14.1. The number of fused-ring (bicyclic) bond motifs is 2. The normalized spacial score (nSPS) is 22.2. The highest BCUT2D eigenvalue weighted by Gasteiger charge is 2.57. The summed E-state index contributed by atoms with van der Waals surface area (Å²) >= 11 is 2.26. The zero-order chi connectivity index (χ0) is 28.0. The Morgan fingerprint density at radius 2 is 1.65 bits per heavy atom. The molecule has 0 spiro atoms. The number of rotatable bonds is 6. The number of imide groups is 1. The molecule has 9 nitrogen and oxygen atoms in total. The molecule has 0 aliphatic carbocycles. The van der Waals surface area contributed by atoms with Crippen LogP contribution in [-0.2, 0) is 20.9 Å². The van der Waals surface area contributed by atoms with E-state index in [1.165, 1.54) is 21.2 Å². The predicted octanol–water partition coefficient (Wildman–Crippen LogP) is 3.74. The Kier molecular flexibility index (Phi) is 7.18. The summed E-state index contributed by atoms with van der Waals surface area (Å²) in [4.78, 5) is 58.0. The average Bonchev–Trinajstić information content (AvgIpc) is 3.43. The Morgan fingerprint density at radius 3 is 2.35 bits per heavy atom. The van der Waals surface area contributed by atoms with Crippen molar-refractivity contribution in [1.82, 2.24) is 9.47 Å². The molecule has 0 saturated carbocycles. The SMILES string of the molecule is COc1ccc(N2C(=O)C3Sc4c(sc(=O)n4CC(=O)N4CCCCC4)[C@H](c4ccccc4OC)C3C2=O)cc1. The number of thiazole rings is 1. The fourth-order valence-electron chi connectivity index (χ4n) is 5.88. The molecule has 3 amide bonds. The summed E-state index contributed by atoms with van der Waals surface area (Å²) < 4.78 is 12.4. The van der Waals surface area contributed by atoms with Gasteiger partial charge in [0.1, 0.15) is 23.3 Å². The number of anilines is 1. The molecule has 11 heteroatoms. The third kappa shape index (κ3) is 4.41. The Bertz CT molecular complexity index is 1530. The van der Waals surface area contributed by atoms with Crippen molar-refractivity contribution in [2.45, 2.75) is 42.0 Å². The molecule has 3 atom stereocenters. The topological polar surface area (TPSA) is 98.2 Å². The Labute approximate surface area is 239 Å². The van der Waals surface area contributed by atoms with Crippen LogP contribution in [0.5, 0.6) is 11.5 Å². The maximum atomic E-state index is 14.1. The number of piperidine rings is 1. The van der Waals surface area contributed by atoms with Crippen LogP contribution in [0.15, 0.2) is 58.4 Å². The van der Waals surface area contributed by atoms with Crippen LogP contribution < -0.4 is 19.2 Å². The van der Waals surface area contributed by atoms with Crippen LogP contribution >= 0.6 is 23.1 Å². The largest absolute Gasteiger partial charge is 0.497 e. The smallest absolute Gasteiger partial charge is 0.308 e. The number of thioether (sulfide) groups is 1. The van der Waals surface area contributed by atoms with Crippen LogP contribution in [-0.4, -0.2) is 59.7 Å². The van der Waals surface area contributed by atoms with E-state index in [2.05, 4.69) is 0 Å². The molecular weight excluding hydrogens is 550 g/mol. The third-order valence-electron chi connectivity index (χ3n) is 7.86. The van der Waals surface area contributed by atoms with Crippen molar-refractivity contribution in [3.8, 4) is 11.5 Å². The average molecular weight is 580 g/mol. The van der Waals surface area contributed by atoms with Gasteiger partial charge in [0.05, 0.1) is 30.9 Å². The van der Waals surface area contributed by atoms with E-state index < -0.39 is 17.1 Å². The molecule has 40 heavy (non-hydrogen) atoms. The first-order valence-electron chi connectivity index (χ1n) is 13.3. The molecule has 2 unspecified atom stereocenters. The van der Waals surface area contributed by atoms with Crippen LogP contribution in [0.25, 0.3) is 0 Å². The summed E-state index contributed by atoms with van der Waals surface area (Å²) in [6.45, 7) is 1.29. The van der Waals surface area contributed by atoms with Crippen LogP contribution in [0.2, 0.25) is 0 Å². The number of amides is 3. The highest BCUT2D eigenvalue weighted by Crippen LogP contribution is 2.55. The quantitative estimate of drug-likeness (QED) is 0.411. The lowest BCUT2D eigenvalue weighted by atomic mass is 9.82. The molecule has 2 aromatic carbocycles. The zero-order valence-corrected chi connectivity index (χ0v) is 23.8. The van der Waals surface area contributed by atoms with Gasteiger partial charge in [0, 0.05) is 29.4 Å². The third-order valence-corrected chi connectivity index (χ3v) is 10.5. The van der Waals surface area contributed by atoms with Crippen molar-refractivity contribution >= 4 is 46.5 Å². The standard InChI is InChI=1S/C29H29N3O6S2/c1-37-18-12-10-17(11-13-18)32-26(34)23-22(19-8-4-5-9-20(19)38-2)25-28(39-24(23)27(32)35)31(29(36)40-25)16-21(33)30-14-6-3-7-15-30/h4-5,8-13,22-24H,3,6-7,14-16H2,1-2H3/t22-,23?,24?/m1/s1. The van der Waals surface area contributed by atoms with E-state index in [-0.39, 0.29) is 29.1 Å². The highest BCUT2D eigenvalue weighted by atomic mass is 32.2. The van der Waals surface area contributed by atoms with Crippen molar-refractivity contribution in [3.63, 3.8) is 0 Å². The lowest BCUT2D eigenvalue weighted by Crippen LogP contribution is -2.39. The first-order chi connectivity index (χ1) is 19.4. The number of hydrogen-bond donors (Lipinski definition) is 0. The van der Waals surface area contributed by atoms with Gasteiger partial charge in [0.25, 0.3) is 0 Å². The minimum atomic E-state index is -0.762. The second-order valence-corrected chi connectivity index (χ2v) is 12.2. The van der Waals surface area contributed by atoms with Crippen LogP contribution in [0.3, 0.4) is 0 Å². The summed E-state index contributed by atoms with van der Waals surface area (Å²) in [7, 11) is 3.11. The van der Waals surface area contributed by atoms with E-state index in [1.54, 1.807) is 38.5 Å². The van der Waals surface area contributed by atoms with Gasteiger partial charge >= 0.3 is 4.87 Å². The van der Waals surface area contributed by atoms with Crippen LogP contribution in [0.4, 0.5) is 5.69 Å². The molecule has 3 aliphatic heterocycles. The number of ether oxygens (including phenoxy) is 2. The van der Waals surface area contributed by atoms with Gasteiger partial charge in [-0.05, 0) is 49.6 Å². The summed E-state index contributed by atoms with van der Waals surface area (Å²) in [5.41, 5.74) is 1.20. The van der Waals surface area contributed by atoms with Gasteiger partial charge in [-0.2, -0.15) is 0 Å². The van der Waals surface area contributed by atoms with Crippen molar-refractivity contribution in [2.24, 2.45) is 5.92 Å². The number of carbonyl (C=O) groups is 3. The van der Waals surface area contributed by atoms with Crippen LogP contribution in [0, 0.1) is 5.92 Å². The molecule has 2 saturated heterocycles. The molecule has 4 heterocycles. The van der Waals surface area contributed by atoms with Gasteiger partial charge in [-0.25, -0.2) is 4.90 Å². The monoisotopic (exact) mass is 579 g/mol. The number of aromatic nitrogens is 1. The summed E-state index contributed by atoms with van der Waals surface area (Å²) in [6.07, 6.45) is 3.00. The lowest BCUT2D eigenvalue weighted by Gasteiger charge is -2.32. The number of benzene rings is 2. The molecular formula is C29H29N3O6S2. The van der Waals surface area contributed by atoms with E-state index in [9.17, 15) is 19.2 Å². The molecule has 0 radical (unpaired) electrons. The molecule has 0 N–H and O–H groups in total. The minimum absolute atomic E-state index is 0.0853. The first-order valence-corrected chi connectivity index (χ1v) is 14.9. The Hall–Kier alpha value is -3.57. The predicted molar refractivity (Wildman–Crippen MR) is 152 cm³/mol. The van der Waals surface area contributed by atoms with Crippen molar-refractivity contribution < 1.29 is 23.9 Å². The molecule has 6 rings (SSSR count). The fraction of sp³-hybridized carbons (Fsp3) is 0.379. The van der Waals surface area contributed by atoms with Crippen molar-refractivity contribution in [1.29, 1.82) is 0 Å². The van der Waals surface area contributed by atoms with Gasteiger partial charge in [0.15, 0.2) is 0 Å². The molecule has 3 aromatic rings. The fourth-order valence-corrected chi connectivity index (χ4v) is 8.64. The van der Waals surface area contributed by atoms with Gasteiger partial charge in [-0.1, -0.05) is 41.3 Å². The summed E-state index contributed by atoms with van der Waals surface area (Å²) in [5, 5.41) is -0.183. The van der Waals surface area contributed by atoms with Crippen molar-refractivity contribution in [2.75, 3.05) is 32.2 Å². The van der Waals surface area contributed by atoms with Gasteiger partial charge in [0.2, 0.25) is 17.7 Å². The number of nitrogens with zero attached hydrogens (tertiary/aromatic N) is 3. The summed E-state index contributed by atoms with van der Waals surface area (Å²) in [6, 6.07) is 14.2. The van der Waals surface area contributed by atoms with E-state index in [4.69, 9.17) is 9.47 Å². The number of para-hydroxylation sites is 1. The minimum Gasteiger partial charge on any atom is -0.497 e. The zero-order valence-electron chi connectivity index (χ0n) is 22.2. The number of likely N-dealkylation sites (tertiary alicyclic amines) is 1. The van der Waals surface area contributed by atoms with E-state index in [1.807, 2.05) is 29.2 Å². The number of methoxy groups -OCH3 is 2. The highest BCUT2D eigenvalue weighted by molar-refractivity contribution is 8.00. The molecule has 2 fully saturated rings. The molecule has 1 aromatic heterocycles. The first kappa shape index (κ1) is 26.6. The van der Waals surface area contributed by atoms with Gasteiger partial charge < -0.3 is 14.4 Å². The Morgan fingerprint density at radius 1 is 0.925 bits per heavy atom. The van der Waals surface area contributed by atoms with Crippen LogP contribution in [0.1, 0.15) is 35.6 Å². The van der Waals surface area contributed by atoms with E-state index in [0.29, 0.717) is 40.2 Å². The van der Waals surface area contributed by atoms with Gasteiger partial charge in [-0.3, -0.25) is 23.7 Å². The second-order valence-electron chi connectivity index (χ2n) is 10.1.